The van der Waals surface area contributed by atoms with Crippen molar-refractivity contribution in [1.82, 2.24) is 15.2 Å². The molecule has 0 aliphatic carbocycles. The fourth-order valence-corrected chi connectivity index (χ4v) is 3.00. The molecule has 138 valence electrons. The van der Waals surface area contributed by atoms with E-state index in [2.05, 4.69) is 41.2 Å². The summed E-state index contributed by atoms with van der Waals surface area (Å²) in [4.78, 5) is 30.6. The highest BCUT2D eigenvalue weighted by Crippen LogP contribution is 2.19. The molecule has 0 fully saturated rings. The molecule has 5 nitrogen and oxygen atoms in total. The Morgan fingerprint density at radius 2 is 1.77 bits per heavy atom. The number of aromatic nitrogens is 1. The van der Waals surface area contributed by atoms with Crippen LogP contribution < -0.4 is 5.32 Å². The number of hydrogen-bond donors (Lipinski definition) is 1. The van der Waals surface area contributed by atoms with Crippen LogP contribution >= 0.6 is 0 Å². The topological polar surface area (TPSA) is 62.3 Å². The number of amides is 1. The van der Waals surface area contributed by atoms with Crippen molar-refractivity contribution in [2.75, 3.05) is 19.6 Å². The fourth-order valence-electron chi connectivity index (χ4n) is 3.00. The van der Waals surface area contributed by atoms with Gasteiger partial charge in [-0.3, -0.25) is 19.5 Å². The number of pyridine rings is 1. The number of nitrogens with zero attached hydrogens (tertiary/aromatic N) is 2. The second-order valence-electron chi connectivity index (χ2n) is 6.12. The smallest absolute Gasteiger partial charge is 0.220 e. The quantitative estimate of drug-likeness (QED) is 0.666. The first-order valence-electron chi connectivity index (χ1n) is 9.14. The van der Waals surface area contributed by atoms with E-state index in [4.69, 9.17) is 0 Å². The number of Topliss-reactive ketones (excluding diaryl/α,β-unsaturated/α-hetero) is 1. The van der Waals surface area contributed by atoms with E-state index in [1.807, 2.05) is 18.2 Å². The zero-order valence-electron chi connectivity index (χ0n) is 15.5. The molecule has 1 heterocycles. The number of carbonyl (C=O) groups is 2. The molecule has 0 spiro atoms. The minimum Gasteiger partial charge on any atom is -0.354 e. The van der Waals surface area contributed by atoms with Crippen molar-refractivity contribution in [2.45, 2.75) is 32.7 Å². The summed E-state index contributed by atoms with van der Waals surface area (Å²) in [6.45, 7) is 6.59. The highest BCUT2D eigenvalue weighted by atomic mass is 16.2. The number of rotatable bonds is 10. The molecule has 1 amide bonds. The lowest BCUT2D eigenvalue weighted by Gasteiger charge is -2.30. The zero-order chi connectivity index (χ0) is 18.8. The first-order valence-corrected chi connectivity index (χ1v) is 9.14. The second-order valence-corrected chi connectivity index (χ2v) is 6.12. The first kappa shape index (κ1) is 19.8. The van der Waals surface area contributed by atoms with Crippen molar-refractivity contribution >= 4 is 11.7 Å². The summed E-state index contributed by atoms with van der Waals surface area (Å²) in [7, 11) is 0. The summed E-state index contributed by atoms with van der Waals surface area (Å²) in [5.74, 6) is -0.160. The molecule has 1 aromatic heterocycles. The van der Waals surface area contributed by atoms with Crippen molar-refractivity contribution in [3.05, 3.63) is 66.0 Å². The van der Waals surface area contributed by atoms with Gasteiger partial charge in [0.1, 0.15) is 0 Å². The monoisotopic (exact) mass is 353 g/mol. The molecule has 0 saturated carbocycles. The number of nitrogens with one attached hydrogen (secondary N) is 1. The van der Waals surface area contributed by atoms with Crippen LogP contribution in [0.1, 0.15) is 48.7 Å². The Bertz CT molecular complexity index is 685. The Morgan fingerprint density at radius 3 is 2.38 bits per heavy atom. The Hall–Kier alpha value is -2.53. The SMILES string of the molecule is CCN(CC)C(CNC(=O)CCC(=O)c1cccnc1)c1ccccc1. The van der Waals surface area contributed by atoms with Gasteiger partial charge in [-0.15, -0.1) is 0 Å². The first-order chi connectivity index (χ1) is 12.7. The average molecular weight is 353 g/mol. The van der Waals surface area contributed by atoms with Crippen LogP contribution in [0, 0.1) is 0 Å². The summed E-state index contributed by atoms with van der Waals surface area (Å²) >= 11 is 0. The van der Waals surface area contributed by atoms with Crippen LogP contribution in [0.5, 0.6) is 0 Å². The van der Waals surface area contributed by atoms with Gasteiger partial charge in [-0.25, -0.2) is 0 Å². The van der Waals surface area contributed by atoms with Gasteiger partial charge in [0, 0.05) is 37.3 Å². The highest BCUT2D eigenvalue weighted by molar-refractivity contribution is 5.97. The van der Waals surface area contributed by atoms with Crippen molar-refractivity contribution in [2.24, 2.45) is 0 Å². The maximum absolute atomic E-state index is 12.2. The molecule has 0 aliphatic heterocycles. The molecule has 0 aliphatic rings. The average Bonchev–Trinajstić information content (AvgIpc) is 2.70. The van der Waals surface area contributed by atoms with Gasteiger partial charge in [0.05, 0.1) is 6.04 Å². The predicted molar refractivity (Wildman–Crippen MR) is 103 cm³/mol. The molecule has 2 aromatic rings. The van der Waals surface area contributed by atoms with Crippen LogP contribution in [0.2, 0.25) is 0 Å². The molecule has 5 heteroatoms. The standard InChI is InChI=1S/C21H27N3O2/c1-3-24(4-2)19(17-9-6-5-7-10-17)16-23-21(26)13-12-20(25)18-11-8-14-22-15-18/h5-11,14-15,19H,3-4,12-13,16H2,1-2H3,(H,23,26). The van der Waals surface area contributed by atoms with E-state index < -0.39 is 0 Å². The van der Waals surface area contributed by atoms with E-state index >= 15 is 0 Å². The van der Waals surface area contributed by atoms with E-state index in [1.165, 1.54) is 11.8 Å². The van der Waals surface area contributed by atoms with Crippen LogP contribution in [0.3, 0.4) is 0 Å². The van der Waals surface area contributed by atoms with E-state index in [1.54, 1.807) is 18.3 Å². The van der Waals surface area contributed by atoms with Gasteiger partial charge in [-0.05, 0) is 30.8 Å². The normalized spacial score (nSPS) is 12.0. The Kier molecular flexibility index (Phi) is 7.96. The van der Waals surface area contributed by atoms with Gasteiger partial charge in [-0.1, -0.05) is 44.2 Å². The number of benzene rings is 1. The second kappa shape index (κ2) is 10.5. The van der Waals surface area contributed by atoms with Gasteiger partial charge in [0.25, 0.3) is 0 Å². The molecule has 0 saturated heterocycles. The van der Waals surface area contributed by atoms with Crippen LogP contribution in [0.4, 0.5) is 0 Å². The lowest BCUT2D eigenvalue weighted by atomic mass is 10.0. The number of hydrogen-bond acceptors (Lipinski definition) is 4. The minimum absolute atomic E-state index is 0.0587. The van der Waals surface area contributed by atoms with E-state index in [0.717, 1.165) is 13.1 Å². The summed E-state index contributed by atoms with van der Waals surface area (Å²) in [5.41, 5.74) is 1.73. The van der Waals surface area contributed by atoms with E-state index in [0.29, 0.717) is 12.1 Å². The Labute approximate surface area is 155 Å². The molecular weight excluding hydrogens is 326 g/mol. The number of ketones is 1. The summed E-state index contributed by atoms with van der Waals surface area (Å²) in [6, 6.07) is 13.8. The van der Waals surface area contributed by atoms with Gasteiger partial charge in [0.2, 0.25) is 5.91 Å². The van der Waals surface area contributed by atoms with Gasteiger partial charge in [-0.2, -0.15) is 0 Å². The lowest BCUT2D eigenvalue weighted by Crippen LogP contribution is -2.38. The summed E-state index contributed by atoms with van der Waals surface area (Å²) in [6.07, 6.45) is 3.54. The largest absolute Gasteiger partial charge is 0.354 e. The van der Waals surface area contributed by atoms with Gasteiger partial charge in [0.15, 0.2) is 5.78 Å². The van der Waals surface area contributed by atoms with Crippen LogP contribution in [-0.4, -0.2) is 41.2 Å². The maximum Gasteiger partial charge on any atom is 0.220 e. The molecule has 1 aromatic carbocycles. The minimum atomic E-state index is -0.102. The van der Waals surface area contributed by atoms with Crippen LogP contribution in [-0.2, 0) is 4.79 Å². The van der Waals surface area contributed by atoms with Crippen LogP contribution in [0.15, 0.2) is 54.9 Å². The summed E-state index contributed by atoms with van der Waals surface area (Å²) in [5, 5.41) is 2.99. The molecule has 0 radical (unpaired) electrons. The molecule has 26 heavy (non-hydrogen) atoms. The van der Waals surface area contributed by atoms with Crippen molar-refractivity contribution in [3.8, 4) is 0 Å². The summed E-state index contributed by atoms with van der Waals surface area (Å²) < 4.78 is 0. The molecule has 1 unspecified atom stereocenters. The molecule has 2 rings (SSSR count). The van der Waals surface area contributed by atoms with Crippen molar-refractivity contribution in [1.29, 1.82) is 0 Å². The Morgan fingerprint density at radius 1 is 1.04 bits per heavy atom. The number of likely N-dealkylation sites (N-methyl/N-ethyl adjacent to an activating group) is 1. The zero-order valence-corrected chi connectivity index (χ0v) is 15.5. The van der Waals surface area contributed by atoms with Crippen LogP contribution in [0.25, 0.3) is 0 Å². The third-order valence-corrected chi connectivity index (χ3v) is 4.49. The molecular formula is C21H27N3O2. The maximum atomic E-state index is 12.2. The lowest BCUT2D eigenvalue weighted by molar-refractivity contribution is -0.121. The van der Waals surface area contributed by atoms with Crippen molar-refractivity contribution in [3.63, 3.8) is 0 Å². The van der Waals surface area contributed by atoms with E-state index in [9.17, 15) is 9.59 Å². The van der Waals surface area contributed by atoms with Gasteiger partial charge >= 0.3 is 0 Å². The third kappa shape index (κ3) is 5.77. The Balaban J connectivity index is 1.89. The van der Waals surface area contributed by atoms with Gasteiger partial charge < -0.3 is 5.32 Å². The highest BCUT2D eigenvalue weighted by Gasteiger charge is 2.19. The molecule has 1 N–H and O–H groups in total. The molecule has 1 atom stereocenters. The van der Waals surface area contributed by atoms with E-state index in [-0.39, 0.29) is 30.6 Å². The predicted octanol–water partition coefficient (Wildman–Crippen LogP) is 3.24. The molecule has 0 bridgehead atoms. The van der Waals surface area contributed by atoms with Crippen molar-refractivity contribution < 1.29 is 9.59 Å². The fraction of sp³-hybridized carbons (Fsp3) is 0.381. The number of carbonyl (C=O) groups excluding carboxylic acids is 2. The third-order valence-electron chi connectivity index (χ3n) is 4.49.